The van der Waals surface area contributed by atoms with Crippen LogP contribution in [0.3, 0.4) is 0 Å². The first-order chi connectivity index (χ1) is 9.87. The Morgan fingerprint density at radius 1 is 1.24 bits per heavy atom. The van der Waals surface area contributed by atoms with Crippen LogP contribution in [-0.2, 0) is 4.74 Å². The average molecular weight is 308 g/mol. The molecule has 3 nitrogen and oxygen atoms in total. The second-order valence-corrected chi connectivity index (χ2v) is 6.63. The summed E-state index contributed by atoms with van der Waals surface area (Å²) in [7, 11) is 1.91. The molecule has 3 atom stereocenters. The van der Waals surface area contributed by atoms with Crippen LogP contribution in [-0.4, -0.2) is 49.5 Å². The number of likely N-dealkylation sites (N-methyl/N-ethyl adjacent to an activating group) is 1. The number of ether oxygens (including phenoxy) is 1. The van der Waals surface area contributed by atoms with Gasteiger partial charge in [-0.25, -0.2) is 0 Å². The molecule has 6 heteroatoms. The summed E-state index contributed by atoms with van der Waals surface area (Å²) in [6.07, 6.45) is 0.943. The van der Waals surface area contributed by atoms with Crippen molar-refractivity contribution in [2.75, 3.05) is 26.7 Å². The number of nitrogens with zero attached hydrogens (tertiary/aromatic N) is 1. The van der Waals surface area contributed by atoms with Gasteiger partial charge in [0.25, 0.3) is 0 Å². The van der Waals surface area contributed by atoms with Crippen molar-refractivity contribution >= 4 is 0 Å². The van der Waals surface area contributed by atoms with Crippen LogP contribution in [0.1, 0.15) is 44.9 Å². The van der Waals surface area contributed by atoms with Crippen molar-refractivity contribution in [3.63, 3.8) is 0 Å². The third-order valence-electron chi connectivity index (χ3n) is 5.23. The number of hydrogen-bond acceptors (Lipinski definition) is 3. The van der Waals surface area contributed by atoms with Crippen LogP contribution in [0.5, 0.6) is 0 Å². The summed E-state index contributed by atoms with van der Waals surface area (Å²) in [5.74, 6) is -1.22. The summed E-state index contributed by atoms with van der Waals surface area (Å²) in [5.41, 5.74) is 5.37. The quantitative estimate of drug-likeness (QED) is 0.868. The van der Waals surface area contributed by atoms with Gasteiger partial charge in [-0.15, -0.1) is 0 Å². The van der Waals surface area contributed by atoms with Crippen molar-refractivity contribution in [1.29, 1.82) is 0 Å². The van der Waals surface area contributed by atoms with Gasteiger partial charge in [-0.05, 0) is 45.6 Å². The van der Waals surface area contributed by atoms with Gasteiger partial charge in [0.1, 0.15) is 0 Å². The lowest BCUT2D eigenvalue weighted by Crippen LogP contribution is -2.58. The molecule has 124 valence electrons. The van der Waals surface area contributed by atoms with Crippen LogP contribution < -0.4 is 5.73 Å². The van der Waals surface area contributed by atoms with Crippen molar-refractivity contribution in [1.82, 2.24) is 4.90 Å². The summed E-state index contributed by atoms with van der Waals surface area (Å²) in [6, 6.07) is 0. The monoisotopic (exact) mass is 308 g/mol. The molecule has 1 saturated carbocycles. The standard InChI is InChI=1S/C15H27F3N2O/c1-20(10-13-6-2-3-8-21-13)14(11-19)7-4-5-12(9-14)15(16,17)18/h12-13H,2-11,19H2,1H3. The Balaban J connectivity index is 2.01. The fourth-order valence-corrected chi connectivity index (χ4v) is 3.76. The van der Waals surface area contributed by atoms with E-state index in [1.807, 2.05) is 11.9 Å². The van der Waals surface area contributed by atoms with Gasteiger partial charge in [0.2, 0.25) is 0 Å². The molecule has 0 spiro atoms. The minimum Gasteiger partial charge on any atom is -0.377 e. The largest absolute Gasteiger partial charge is 0.391 e. The first-order valence-electron chi connectivity index (χ1n) is 7.97. The molecule has 0 bridgehead atoms. The van der Waals surface area contributed by atoms with Crippen LogP contribution in [0.4, 0.5) is 13.2 Å². The highest BCUT2D eigenvalue weighted by molar-refractivity contribution is 4.97. The molecule has 1 saturated heterocycles. The molecular formula is C15H27F3N2O. The van der Waals surface area contributed by atoms with Crippen molar-refractivity contribution < 1.29 is 17.9 Å². The Morgan fingerprint density at radius 3 is 2.57 bits per heavy atom. The summed E-state index contributed by atoms with van der Waals surface area (Å²) in [6.45, 7) is 1.73. The van der Waals surface area contributed by atoms with Crippen LogP contribution in [0.2, 0.25) is 0 Å². The topological polar surface area (TPSA) is 38.5 Å². The van der Waals surface area contributed by atoms with Gasteiger partial charge >= 0.3 is 6.18 Å². The van der Waals surface area contributed by atoms with E-state index < -0.39 is 17.6 Å². The van der Waals surface area contributed by atoms with Gasteiger partial charge in [0.15, 0.2) is 0 Å². The summed E-state index contributed by atoms with van der Waals surface area (Å²) in [5, 5.41) is 0. The Bertz CT molecular complexity index is 331. The highest BCUT2D eigenvalue weighted by atomic mass is 19.4. The molecule has 1 aliphatic carbocycles. The van der Waals surface area contributed by atoms with Crippen LogP contribution in [0, 0.1) is 5.92 Å². The zero-order valence-corrected chi connectivity index (χ0v) is 12.8. The number of alkyl halides is 3. The lowest BCUT2D eigenvalue weighted by atomic mass is 9.74. The Hall–Kier alpha value is -0.330. The maximum Gasteiger partial charge on any atom is 0.391 e. The molecule has 0 amide bonds. The zero-order chi connectivity index (χ0) is 15.5. The average Bonchev–Trinajstić information content (AvgIpc) is 2.47. The number of rotatable bonds is 4. The molecule has 2 fully saturated rings. The highest BCUT2D eigenvalue weighted by Crippen LogP contribution is 2.43. The minimum atomic E-state index is -4.11. The molecule has 0 aromatic carbocycles. The first kappa shape index (κ1) is 17.0. The molecular weight excluding hydrogens is 281 g/mol. The summed E-state index contributed by atoms with van der Waals surface area (Å²) >= 11 is 0. The van der Waals surface area contributed by atoms with E-state index in [0.717, 1.165) is 32.3 Å². The van der Waals surface area contributed by atoms with Gasteiger partial charge in [0.05, 0.1) is 12.0 Å². The molecule has 0 aromatic heterocycles. The lowest BCUT2D eigenvalue weighted by molar-refractivity contribution is -0.193. The fourth-order valence-electron chi connectivity index (χ4n) is 3.76. The summed E-state index contributed by atoms with van der Waals surface area (Å²) in [4.78, 5) is 2.04. The second kappa shape index (κ2) is 6.84. The first-order valence-corrected chi connectivity index (χ1v) is 7.97. The SMILES string of the molecule is CN(CC1CCCCO1)C1(CN)CCCC(C(F)(F)F)C1. The van der Waals surface area contributed by atoms with Crippen LogP contribution >= 0.6 is 0 Å². The number of halogens is 3. The van der Waals surface area contributed by atoms with E-state index in [1.54, 1.807) is 0 Å². The third-order valence-corrected chi connectivity index (χ3v) is 5.23. The summed E-state index contributed by atoms with van der Waals surface area (Å²) < 4.78 is 44.9. The number of hydrogen-bond donors (Lipinski definition) is 1. The maximum atomic E-state index is 13.1. The highest BCUT2D eigenvalue weighted by Gasteiger charge is 2.48. The van der Waals surface area contributed by atoms with Gasteiger partial charge in [0, 0.05) is 25.2 Å². The fraction of sp³-hybridized carbons (Fsp3) is 1.00. The van der Waals surface area contributed by atoms with Crippen molar-refractivity contribution in [3.8, 4) is 0 Å². The van der Waals surface area contributed by atoms with E-state index in [-0.39, 0.29) is 25.5 Å². The smallest absolute Gasteiger partial charge is 0.377 e. The molecule has 0 radical (unpaired) electrons. The molecule has 3 unspecified atom stereocenters. The molecule has 1 heterocycles. The Morgan fingerprint density at radius 2 is 2.00 bits per heavy atom. The lowest BCUT2D eigenvalue weighted by Gasteiger charge is -2.48. The molecule has 0 aromatic rings. The molecule has 2 aliphatic rings. The van der Waals surface area contributed by atoms with Crippen LogP contribution in [0.15, 0.2) is 0 Å². The normalized spacial score (nSPS) is 35.1. The van der Waals surface area contributed by atoms with Crippen LogP contribution in [0.25, 0.3) is 0 Å². The zero-order valence-electron chi connectivity index (χ0n) is 12.8. The predicted octanol–water partition coefficient (Wildman–Crippen LogP) is 2.94. The van der Waals surface area contributed by atoms with Crippen molar-refractivity contribution in [2.45, 2.75) is 62.8 Å². The van der Waals surface area contributed by atoms with E-state index in [4.69, 9.17) is 10.5 Å². The van der Waals surface area contributed by atoms with Gasteiger partial charge in [-0.3, -0.25) is 4.90 Å². The molecule has 2 N–H and O–H groups in total. The van der Waals surface area contributed by atoms with Gasteiger partial charge < -0.3 is 10.5 Å². The van der Waals surface area contributed by atoms with Gasteiger partial charge in [-0.2, -0.15) is 13.2 Å². The molecule has 2 rings (SSSR count). The van der Waals surface area contributed by atoms with Crippen molar-refractivity contribution in [2.24, 2.45) is 11.7 Å². The van der Waals surface area contributed by atoms with E-state index in [2.05, 4.69) is 0 Å². The Kier molecular flexibility index (Phi) is 5.54. The van der Waals surface area contributed by atoms with Crippen molar-refractivity contribution in [3.05, 3.63) is 0 Å². The van der Waals surface area contributed by atoms with E-state index >= 15 is 0 Å². The van der Waals surface area contributed by atoms with Gasteiger partial charge in [-0.1, -0.05) is 6.42 Å². The third kappa shape index (κ3) is 4.11. The number of nitrogens with two attached hydrogens (primary N) is 1. The van der Waals surface area contributed by atoms with E-state index in [0.29, 0.717) is 13.0 Å². The second-order valence-electron chi connectivity index (χ2n) is 6.63. The van der Waals surface area contributed by atoms with E-state index in [1.165, 1.54) is 0 Å². The van der Waals surface area contributed by atoms with E-state index in [9.17, 15) is 13.2 Å². The molecule has 21 heavy (non-hydrogen) atoms. The predicted molar refractivity (Wildman–Crippen MR) is 76.0 cm³/mol. The molecule has 1 aliphatic heterocycles. The maximum absolute atomic E-state index is 13.1. The Labute approximate surface area is 125 Å². The minimum absolute atomic E-state index is 0.121.